The maximum absolute atomic E-state index is 9.29. The van der Waals surface area contributed by atoms with Crippen molar-refractivity contribution < 1.29 is 0 Å². The van der Waals surface area contributed by atoms with Crippen molar-refractivity contribution >= 4 is 21.8 Å². The van der Waals surface area contributed by atoms with Gasteiger partial charge in [-0.15, -0.1) is 0 Å². The van der Waals surface area contributed by atoms with Gasteiger partial charge in [0.05, 0.1) is 11.0 Å². The van der Waals surface area contributed by atoms with Crippen molar-refractivity contribution in [2.75, 3.05) is 0 Å². The molecule has 6 aromatic rings. The average Bonchev–Trinajstić information content (AvgIpc) is 3.26. The van der Waals surface area contributed by atoms with Gasteiger partial charge < -0.3 is 4.57 Å². The zero-order valence-electron chi connectivity index (χ0n) is 18.6. The van der Waals surface area contributed by atoms with Crippen LogP contribution >= 0.6 is 0 Å². The van der Waals surface area contributed by atoms with Crippen molar-refractivity contribution in [1.29, 1.82) is 10.5 Å². The molecule has 0 aliphatic heterocycles. The molecule has 0 unspecified atom stereocenters. The molecule has 162 valence electrons. The van der Waals surface area contributed by atoms with Crippen molar-refractivity contribution in [2.24, 2.45) is 0 Å². The number of aromatic nitrogens is 3. The van der Waals surface area contributed by atoms with E-state index in [1.54, 1.807) is 12.4 Å². The van der Waals surface area contributed by atoms with Gasteiger partial charge in [0.2, 0.25) is 0 Å². The number of hydrogen-bond donors (Lipinski definition) is 0. The standard InChI is InChI=1S/C30H17N5/c31-18-24-14-22(10-12-33-24)20-6-8-29-27(16-20)28-17-21(23-11-13-34-25(15-23)19-32)7-9-30(28)35(29)26-4-2-1-3-5-26/h1-17H. The largest absolute Gasteiger partial charge is 0.309 e. The molecule has 5 nitrogen and oxygen atoms in total. The SMILES string of the molecule is N#Cc1cc(-c2ccc3c(c2)c2cc(-c4ccnc(C#N)c4)ccc2n3-c2ccccc2)ccn1. The van der Waals surface area contributed by atoms with Crippen LogP contribution in [0.25, 0.3) is 49.7 Å². The molecule has 3 heterocycles. The van der Waals surface area contributed by atoms with Gasteiger partial charge in [0, 0.05) is 28.9 Å². The smallest absolute Gasteiger partial charge is 0.141 e. The Morgan fingerprint density at radius 3 is 1.51 bits per heavy atom. The number of para-hydroxylation sites is 1. The van der Waals surface area contributed by atoms with Gasteiger partial charge in [0.25, 0.3) is 0 Å². The van der Waals surface area contributed by atoms with Crippen LogP contribution in [0.3, 0.4) is 0 Å². The number of hydrogen-bond acceptors (Lipinski definition) is 4. The molecule has 0 saturated carbocycles. The summed E-state index contributed by atoms with van der Waals surface area (Å²) in [5, 5.41) is 20.8. The van der Waals surface area contributed by atoms with Gasteiger partial charge >= 0.3 is 0 Å². The topological polar surface area (TPSA) is 78.3 Å². The summed E-state index contributed by atoms with van der Waals surface area (Å²) in [7, 11) is 0. The lowest BCUT2D eigenvalue weighted by atomic mass is 10.0. The van der Waals surface area contributed by atoms with Crippen LogP contribution in [0.4, 0.5) is 0 Å². The van der Waals surface area contributed by atoms with E-state index in [0.29, 0.717) is 11.4 Å². The molecule has 0 fully saturated rings. The summed E-state index contributed by atoms with van der Waals surface area (Å²) >= 11 is 0. The highest BCUT2D eigenvalue weighted by molar-refractivity contribution is 6.11. The minimum atomic E-state index is 0.391. The minimum Gasteiger partial charge on any atom is -0.309 e. The average molecular weight is 448 g/mol. The van der Waals surface area contributed by atoms with E-state index in [9.17, 15) is 10.5 Å². The quantitative estimate of drug-likeness (QED) is 0.304. The van der Waals surface area contributed by atoms with Crippen molar-refractivity contribution in [2.45, 2.75) is 0 Å². The predicted molar refractivity (Wildman–Crippen MR) is 137 cm³/mol. The molecule has 0 bridgehead atoms. The van der Waals surface area contributed by atoms with Crippen LogP contribution in [0.2, 0.25) is 0 Å². The normalized spacial score (nSPS) is 10.8. The maximum Gasteiger partial charge on any atom is 0.141 e. The van der Waals surface area contributed by atoms with Crippen molar-refractivity contribution in [3.63, 3.8) is 0 Å². The molecular formula is C30H17N5. The minimum absolute atomic E-state index is 0.391. The van der Waals surface area contributed by atoms with Crippen LogP contribution in [-0.4, -0.2) is 14.5 Å². The second-order valence-electron chi connectivity index (χ2n) is 8.22. The fourth-order valence-electron chi connectivity index (χ4n) is 4.58. The van der Waals surface area contributed by atoms with Crippen LogP contribution in [0, 0.1) is 22.7 Å². The van der Waals surface area contributed by atoms with Crippen LogP contribution in [0.5, 0.6) is 0 Å². The first-order chi connectivity index (χ1) is 17.2. The zero-order valence-corrected chi connectivity index (χ0v) is 18.6. The molecule has 3 aromatic heterocycles. The summed E-state index contributed by atoms with van der Waals surface area (Å²) in [6.45, 7) is 0. The highest BCUT2D eigenvalue weighted by Gasteiger charge is 2.15. The Balaban J connectivity index is 1.64. The molecule has 35 heavy (non-hydrogen) atoms. The predicted octanol–water partition coefficient (Wildman–Crippen LogP) is 6.65. The molecule has 0 amide bonds. The van der Waals surface area contributed by atoms with Crippen molar-refractivity contribution in [1.82, 2.24) is 14.5 Å². The lowest BCUT2D eigenvalue weighted by Gasteiger charge is -2.08. The van der Waals surface area contributed by atoms with E-state index in [1.807, 2.05) is 42.5 Å². The van der Waals surface area contributed by atoms with Gasteiger partial charge in [0.15, 0.2) is 0 Å². The van der Waals surface area contributed by atoms with Gasteiger partial charge in [-0.3, -0.25) is 0 Å². The summed E-state index contributed by atoms with van der Waals surface area (Å²) < 4.78 is 2.26. The Bertz CT molecular complexity index is 1700. The van der Waals surface area contributed by atoms with E-state index in [4.69, 9.17) is 0 Å². The molecule has 0 N–H and O–H groups in total. The van der Waals surface area contributed by atoms with Crippen LogP contribution in [0.15, 0.2) is 103 Å². The van der Waals surface area contributed by atoms with Crippen LogP contribution < -0.4 is 0 Å². The third-order valence-electron chi connectivity index (χ3n) is 6.20. The molecule has 0 aliphatic rings. The highest BCUT2D eigenvalue weighted by atomic mass is 15.0. The summed E-state index contributed by atoms with van der Waals surface area (Å²) in [6, 6.07) is 34.8. The van der Waals surface area contributed by atoms with E-state index in [0.717, 1.165) is 49.7 Å². The van der Waals surface area contributed by atoms with Gasteiger partial charge in [-0.25, -0.2) is 9.97 Å². The van der Waals surface area contributed by atoms with Gasteiger partial charge in [-0.1, -0.05) is 30.3 Å². The van der Waals surface area contributed by atoms with Crippen LogP contribution in [0.1, 0.15) is 11.4 Å². The zero-order chi connectivity index (χ0) is 23.8. The highest BCUT2D eigenvalue weighted by Crippen LogP contribution is 2.37. The Hall–Kier alpha value is -5.26. The van der Waals surface area contributed by atoms with Gasteiger partial charge in [-0.2, -0.15) is 10.5 Å². The van der Waals surface area contributed by atoms with Gasteiger partial charge in [0.1, 0.15) is 23.5 Å². The molecule has 6 rings (SSSR count). The van der Waals surface area contributed by atoms with E-state index < -0.39 is 0 Å². The second-order valence-corrected chi connectivity index (χ2v) is 8.22. The Kier molecular flexibility index (Phi) is 4.80. The number of nitrogens with zero attached hydrogens (tertiary/aromatic N) is 5. The Morgan fingerprint density at radius 1 is 0.543 bits per heavy atom. The lowest BCUT2D eigenvalue weighted by Crippen LogP contribution is -1.93. The first kappa shape index (κ1) is 20.4. The lowest BCUT2D eigenvalue weighted by molar-refractivity contribution is 1.18. The maximum atomic E-state index is 9.29. The van der Waals surface area contributed by atoms with E-state index in [-0.39, 0.29) is 0 Å². The van der Waals surface area contributed by atoms with Crippen LogP contribution in [-0.2, 0) is 0 Å². The molecule has 0 spiro atoms. The number of benzene rings is 3. The molecule has 0 saturated heterocycles. The Labute approximate surface area is 201 Å². The first-order valence-electron chi connectivity index (χ1n) is 11.1. The van der Waals surface area contributed by atoms with E-state index in [1.165, 1.54) is 0 Å². The molecular weight excluding hydrogens is 430 g/mol. The summed E-state index contributed by atoms with van der Waals surface area (Å²) in [5.41, 5.74) is 7.98. The fraction of sp³-hybridized carbons (Fsp3) is 0. The number of rotatable bonds is 3. The first-order valence-corrected chi connectivity index (χ1v) is 11.1. The monoisotopic (exact) mass is 447 g/mol. The molecule has 5 heteroatoms. The van der Waals surface area contributed by atoms with E-state index in [2.05, 4.69) is 75.2 Å². The Morgan fingerprint density at radius 2 is 1.03 bits per heavy atom. The van der Waals surface area contributed by atoms with Gasteiger partial charge in [-0.05, 0) is 82.9 Å². The summed E-state index contributed by atoms with van der Waals surface area (Å²) in [6.07, 6.45) is 3.33. The third kappa shape index (κ3) is 3.49. The molecule has 0 radical (unpaired) electrons. The number of nitriles is 2. The third-order valence-corrected chi connectivity index (χ3v) is 6.20. The molecule has 3 aromatic carbocycles. The summed E-state index contributed by atoms with van der Waals surface area (Å²) in [4.78, 5) is 8.21. The molecule has 0 atom stereocenters. The number of fused-ring (bicyclic) bond motifs is 3. The summed E-state index contributed by atoms with van der Waals surface area (Å²) in [5.74, 6) is 0. The van der Waals surface area contributed by atoms with Crippen molar-refractivity contribution in [3.8, 4) is 40.1 Å². The second kappa shape index (κ2) is 8.26. The number of pyridine rings is 2. The molecule has 0 aliphatic carbocycles. The van der Waals surface area contributed by atoms with Crippen molar-refractivity contribution in [3.05, 3.63) is 115 Å². The van der Waals surface area contributed by atoms with E-state index >= 15 is 0 Å². The fourth-order valence-corrected chi connectivity index (χ4v) is 4.58.